The van der Waals surface area contributed by atoms with Gasteiger partial charge in [0, 0.05) is 18.3 Å². The van der Waals surface area contributed by atoms with Crippen LogP contribution in [0.3, 0.4) is 0 Å². The molecule has 1 heterocycles. The van der Waals surface area contributed by atoms with Gasteiger partial charge < -0.3 is 15.2 Å². The Morgan fingerprint density at radius 1 is 1.31 bits per heavy atom. The van der Waals surface area contributed by atoms with Crippen molar-refractivity contribution in [3.05, 3.63) is 23.4 Å². The third-order valence-corrected chi connectivity index (χ3v) is 2.01. The van der Waals surface area contributed by atoms with Crippen LogP contribution in [0.1, 0.15) is 25.1 Å². The number of hydrogen-bond acceptors (Lipinski definition) is 4. The first kappa shape index (κ1) is 12.9. The average molecular weight is 224 g/mol. The SMILES string of the molecule is Cc1cc(CN)cc(OCCOC(C)C)n1. The molecule has 4 nitrogen and oxygen atoms in total. The standard InChI is InChI=1S/C12H20N2O2/c1-9(2)15-4-5-16-12-7-11(8-13)6-10(3)14-12/h6-7,9H,4-5,8,13H2,1-3H3. The Balaban J connectivity index is 2.44. The van der Waals surface area contributed by atoms with Crippen LogP contribution in [0.2, 0.25) is 0 Å². The number of pyridine rings is 1. The van der Waals surface area contributed by atoms with Gasteiger partial charge in [-0.1, -0.05) is 0 Å². The molecular weight excluding hydrogens is 204 g/mol. The molecule has 0 radical (unpaired) electrons. The molecule has 4 heteroatoms. The number of aryl methyl sites for hydroxylation is 1. The molecule has 2 N–H and O–H groups in total. The summed E-state index contributed by atoms with van der Waals surface area (Å²) in [5.74, 6) is 0.618. The maximum atomic E-state index is 5.57. The van der Waals surface area contributed by atoms with Crippen molar-refractivity contribution in [2.24, 2.45) is 5.73 Å². The van der Waals surface area contributed by atoms with Gasteiger partial charge in [-0.25, -0.2) is 4.98 Å². The quantitative estimate of drug-likeness (QED) is 0.746. The van der Waals surface area contributed by atoms with Crippen LogP contribution in [0.25, 0.3) is 0 Å². The fourth-order valence-electron chi connectivity index (χ4n) is 1.33. The predicted molar refractivity (Wildman–Crippen MR) is 63.4 cm³/mol. The molecule has 0 saturated carbocycles. The van der Waals surface area contributed by atoms with Gasteiger partial charge >= 0.3 is 0 Å². The third kappa shape index (κ3) is 4.59. The van der Waals surface area contributed by atoms with Crippen LogP contribution >= 0.6 is 0 Å². The van der Waals surface area contributed by atoms with Crippen molar-refractivity contribution in [1.29, 1.82) is 0 Å². The van der Waals surface area contributed by atoms with Crippen molar-refractivity contribution >= 4 is 0 Å². The van der Waals surface area contributed by atoms with Crippen LogP contribution < -0.4 is 10.5 Å². The zero-order chi connectivity index (χ0) is 12.0. The smallest absolute Gasteiger partial charge is 0.213 e. The molecule has 0 unspecified atom stereocenters. The second-order valence-electron chi connectivity index (χ2n) is 3.93. The number of nitrogens with two attached hydrogens (primary N) is 1. The molecule has 1 aromatic heterocycles. The van der Waals surface area contributed by atoms with Crippen molar-refractivity contribution in [2.75, 3.05) is 13.2 Å². The second kappa shape index (κ2) is 6.45. The number of nitrogens with zero attached hydrogens (tertiary/aromatic N) is 1. The molecule has 0 spiro atoms. The van der Waals surface area contributed by atoms with Gasteiger partial charge in [-0.05, 0) is 32.4 Å². The lowest BCUT2D eigenvalue weighted by Crippen LogP contribution is -2.12. The molecule has 0 aliphatic rings. The van der Waals surface area contributed by atoms with Gasteiger partial charge in [0.05, 0.1) is 12.7 Å². The van der Waals surface area contributed by atoms with E-state index >= 15 is 0 Å². The summed E-state index contributed by atoms with van der Waals surface area (Å²) in [6.07, 6.45) is 0.230. The molecule has 0 fully saturated rings. The van der Waals surface area contributed by atoms with E-state index < -0.39 is 0 Å². The Labute approximate surface area is 96.8 Å². The van der Waals surface area contributed by atoms with Crippen LogP contribution in [0.5, 0.6) is 5.88 Å². The van der Waals surface area contributed by atoms with E-state index in [9.17, 15) is 0 Å². The summed E-state index contributed by atoms with van der Waals surface area (Å²) >= 11 is 0. The number of ether oxygens (including phenoxy) is 2. The molecule has 0 aliphatic carbocycles. The minimum Gasteiger partial charge on any atom is -0.475 e. The van der Waals surface area contributed by atoms with E-state index in [1.165, 1.54) is 0 Å². The zero-order valence-corrected chi connectivity index (χ0v) is 10.2. The maximum absolute atomic E-state index is 5.57. The van der Waals surface area contributed by atoms with Crippen LogP contribution in [0.15, 0.2) is 12.1 Å². The van der Waals surface area contributed by atoms with E-state index in [2.05, 4.69) is 4.98 Å². The van der Waals surface area contributed by atoms with E-state index in [1.807, 2.05) is 32.9 Å². The van der Waals surface area contributed by atoms with Crippen molar-refractivity contribution < 1.29 is 9.47 Å². The molecular formula is C12H20N2O2. The minimum absolute atomic E-state index is 0.230. The molecule has 0 aromatic carbocycles. The van der Waals surface area contributed by atoms with Gasteiger partial charge in [0.1, 0.15) is 6.61 Å². The summed E-state index contributed by atoms with van der Waals surface area (Å²) in [6.45, 7) is 7.51. The maximum Gasteiger partial charge on any atom is 0.213 e. The first-order valence-corrected chi connectivity index (χ1v) is 5.54. The Morgan fingerprint density at radius 2 is 2.06 bits per heavy atom. The lowest BCUT2D eigenvalue weighted by atomic mass is 10.2. The Hall–Kier alpha value is -1.13. The van der Waals surface area contributed by atoms with E-state index in [-0.39, 0.29) is 6.10 Å². The highest BCUT2D eigenvalue weighted by Gasteiger charge is 2.00. The van der Waals surface area contributed by atoms with Crippen LogP contribution in [-0.4, -0.2) is 24.3 Å². The highest BCUT2D eigenvalue weighted by molar-refractivity contribution is 5.24. The second-order valence-corrected chi connectivity index (χ2v) is 3.93. The molecule has 16 heavy (non-hydrogen) atoms. The van der Waals surface area contributed by atoms with E-state index in [0.717, 1.165) is 11.3 Å². The molecule has 1 aromatic rings. The van der Waals surface area contributed by atoms with Gasteiger partial charge in [-0.15, -0.1) is 0 Å². The molecule has 0 amide bonds. The summed E-state index contributed by atoms with van der Waals surface area (Å²) in [6, 6.07) is 3.82. The minimum atomic E-state index is 0.230. The Bertz CT molecular complexity index is 327. The van der Waals surface area contributed by atoms with Gasteiger partial charge in [0.2, 0.25) is 5.88 Å². The van der Waals surface area contributed by atoms with E-state index in [1.54, 1.807) is 0 Å². The molecule has 1 rings (SSSR count). The summed E-state index contributed by atoms with van der Waals surface area (Å²) in [5.41, 5.74) is 7.53. The molecule has 90 valence electrons. The first-order chi connectivity index (χ1) is 7.61. The fourth-order valence-corrected chi connectivity index (χ4v) is 1.33. The summed E-state index contributed by atoms with van der Waals surface area (Å²) in [5, 5.41) is 0. The highest BCUT2D eigenvalue weighted by Crippen LogP contribution is 2.11. The number of hydrogen-bond donors (Lipinski definition) is 1. The summed E-state index contributed by atoms with van der Waals surface area (Å²) < 4.78 is 10.9. The van der Waals surface area contributed by atoms with E-state index in [0.29, 0.717) is 25.6 Å². The van der Waals surface area contributed by atoms with Crippen molar-refractivity contribution in [2.45, 2.75) is 33.4 Å². The lowest BCUT2D eigenvalue weighted by Gasteiger charge is -2.10. The summed E-state index contributed by atoms with van der Waals surface area (Å²) in [4.78, 5) is 4.27. The highest BCUT2D eigenvalue weighted by atomic mass is 16.5. The van der Waals surface area contributed by atoms with Crippen LogP contribution in [-0.2, 0) is 11.3 Å². The van der Waals surface area contributed by atoms with Gasteiger partial charge in [-0.3, -0.25) is 0 Å². The van der Waals surface area contributed by atoms with Gasteiger partial charge in [0.25, 0.3) is 0 Å². The fraction of sp³-hybridized carbons (Fsp3) is 0.583. The third-order valence-electron chi connectivity index (χ3n) is 2.01. The average Bonchev–Trinajstić information content (AvgIpc) is 2.23. The van der Waals surface area contributed by atoms with Gasteiger partial charge in [0.15, 0.2) is 0 Å². The van der Waals surface area contributed by atoms with Crippen LogP contribution in [0.4, 0.5) is 0 Å². The number of aromatic nitrogens is 1. The zero-order valence-electron chi connectivity index (χ0n) is 10.2. The molecule has 0 aliphatic heterocycles. The topological polar surface area (TPSA) is 57.4 Å². The normalized spacial score (nSPS) is 10.8. The largest absolute Gasteiger partial charge is 0.475 e. The number of rotatable bonds is 6. The van der Waals surface area contributed by atoms with Gasteiger partial charge in [-0.2, -0.15) is 0 Å². The van der Waals surface area contributed by atoms with E-state index in [4.69, 9.17) is 15.2 Å². The molecule has 0 bridgehead atoms. The predicted octanol–water partition coefficient (Wildman–Crippen LogP) is 1.65. The van der Waals surface area contributed by atoms with Crippen molar-refractivity contribution in [3.8, 4) is 5.88 Å². The van der Waals surface area contributed by atoms with Crippen molar-refractivity contribution in [1.82, 2.24) is 4.98 Å². The monoisotopic (exact) mass is 224 g/mol. The molecule has 0 atom stereocenters. The lowest BCUT2D eigenvalue weighted by molar-refractivity contribution is 0.0542. The Kier molecular flexibility index (Phi) is 5.22. The van der Waals surface area contributed by atoms with Crippen LogP contribution in [0, 0.1) is 6.92 Å². The Morgan fingerprint density at radius 3 is 2.69 bits per heavy atom. The molecule has 0 saturated heterocycles. The summed E-state index contributed by atoms with van der Waals surface area (Å²) in [7, 11) is 0. The first-order valence-electron chi connectivity index (χ1n) is 5.54. The van der Waals surface area contributed by atoms with Crippen molar-refractivity contribution in [3.63, 3.8) is 0 Å².